The van der Waals surface area contributed by atoms with E-state index in [0.717, 1.165) is 25.8 Å². The van der Waals surface area contributed by atoms with Gasteiger partial charge in [-0.2, -0.15) is 0 Å². The number of hydrogen-bond acceptors (Lipinski definition) is 5. The van der Waals surface area contributed by atoms with Crippen molar-refractivity contribution in [1.29, 1.82) is 0 Å². The maximum absolute atomic E-state index is 12.8. The summed E-state index contributed by atoms with van der Waals surface area (Å²) in [5.41, 5.74) is 0. The van der Waals surface area contributed by atoms with Crippen LogP contribution in [0.15, 0.2) is 12.4 Å². The van der Waals surface area contributed by atoms with Crippen LogP contribution in [0.5, 0.6) is 0 Å². The van der Waals surface area contributed by atoms with E-state index in [2.05, 4.69) is 9.97 Å². The van der Waals surface area contributed by atoms with Crippen LogP contribution in [0.1, 0.15) is 19.3 Å². The number of hydrogen-bond donors (Lipinski definition) is 0. The number of ether oxygens (including phenoxy) is 1. The van der Waals surface area contributed by atoms with Gasteiger partial charge in [0.15, 0.2) is 0 Å². The van der Waals surface area contributed by atoms with Crippen LogP contribution in [0.3, 0.4) is 0 Å². The van der Waals surface area contributed by atoms with Crippen LogP contribution < -0.4 is 4.90 Å². The van der Waals surface area contributed by atoms with Gasteiger partial charge < -0.3 is 14.5 Å². The molecule has 0 aliphatic carbocycles. The van der Waals surface area contributed by atoms with Crippen molar-refractivity contribution in [3.63, 3.8) is 0 Å². The quantitative estimate of drug-likeness (QED) is 0.825. The number of rotatable bonds is 2. The summed E-state index contributed by atoms with van der Waals surface area (Å²) in [6.07, 6.45) is 6.12. The molecule has 0 saturated carbocycles. The Morgan fingerprint density at radius 3 is 2.62 bits per heavy atom. The van der Waals surface area contributed by atoms with Crippen LogP contribution in [0.25, 0.3) is 0 Å². The number of carbonyl (C=O) groups excluding carboxylic acids is 1. The van der Waals surface area contributed by atoms with Crippen LogP contribution in [-0.2, 0) is 9.53 Å². The van der Waals surface area contributed by atoms with Gasteiger partial charge in [-0.1, -0.05) is 11.6 Å². The third-order valence-electron chi connectivity index (χ3n) is 3.97. The Morgan fingerprint density at radius 2 is 1.90 bits per heavy atom. The Hall–Kier alpha value is -1.40. The van der Waals surface area contributed by atoms with Crippen LogP contribution in [-0.4, -0.2) is 59.7 Å². The zero-order chi connectivity index (χ0) is 14.7. The molecule has 21 heavy (non-hydrogen) atoms. The fourth-order valence-electron chi connectivity index (χ4n) is 2.88. The molecule has 3 rings (SSSR count). The van der Waals surface area contributed by atoms with Gasteiger partial charge in [-0.25, -0.2) is 9.97 Å². The van der Waals surface area contributed by atoms with Crippen LogP contribution in [0, 0.1) is 0 Å². The third-order valence-corrected chi connectivity index (χ3v) is 4.17. The molecule has 2 aliphatic heterocycles. The lowest BCUT2D eigenvalue weighted by Gasteiger charge is -2.38. The molecule has 1 aromatic rings. The minimum absolute atomic E-state index is 0.163. The molecule has 3 heterocycles. The van der Waals surface area contributed by atoms with Gasteiger partial charge in [-0.05, 0) is 19.3 Å². The van der Waals surface area contributed by atoms with Gasteiger partial charge in [0.1, 0.15) is 6.04 Å². The Morgan fingerprint density at radius 1 is 1.19 bits per heavy atom. The molecule has 0 radical (unpaired) electrons. The molecule has 2 fully saturated rings. The third kappa shape index (κ3) is 3.27. The average molecular weight is 311 g/mol. The summed E-state index contributed by atoms with van der Waals surface area (Å²) >= 11 is 5.84. The number of anilines is 1. The molecule has 1 atom stereocenters. The largest absolute Gasteiger partial charge is 0.378 e. The maximum atomic E-state index is 12.8. The second-order valence-corrected chi connectivity index (χ2v) is 5.78. The molecular weight excluding hydrogens is 292 g/mol. The zero-order valence-electron chi connectivity index (χ0n) is 11.9. The highest BCUT2D eigenvalue weighted by Crippen LogP contribution is 2.24. The minimum Gasteiger partial charge on any atom is -0.378 e. The second kappa shape index (κ2) is 6.58. The van der Waals surface area contributed by atoms with Gasteiger partial charge >= 0.3 is 0 Å². The summed E-state index contributed by atoms with van der Waals surface area (Å²) in [7, 11) is 0. The Balaban J connectivity index is 1.77. The first-order valence-electron chi connectivity index (χ1n) is 7.36. The molecule has 2 saturated heterocycles. The highest BCUT2D eigenvalue weighted by atomic mass is 35.5. The van der Waals surface area contributed by atoms with Crippen molar-refractivity contribution in [1.82, 2.24) is 14.9 Å². The maximum Gasteiger partial charge on any atom is 0.245 e. The van der Waals surface area contributed by atoms with Crippen LogP contribution in [0.4, 0.5) is 5.95 Å². The molecule has 1 amide bonds. The predicted octanol–water partition coefficient (Wildman–Crippen LogP) is 1.35. The number of halogens is 1. The van der Waals surface area contributed by atoms with E-state index in [4.69, 9.17) is 16.3 Å². The molecule has 0 aromatic carbocycles. The van der Waals surface area contributed by atoms with Crippen molar-refractivity contribution in [2.45, 2.75) is 25.3 Å². The summed E-state index contributed by atoms with van der Waals surface area (Å²) in [5.74, 6) is 0.752. The Kier molecular flexibility index (Phi) is 4.55. The van der Waals surface area contributed by atoms with E-state index in [9.17, 15) is 4.79 Å². The van der Waals surface area contributed by atoms with Crippen LogP contribution in [0.2, 0.25) is 5.02 Å². The Bertz CT molecular complexity index is 490. The van der Waals surface area contributed by atoms with Gasteiger partial charge in [0, 0.05) is 19.6 Å². The van der Waals surface area contributed by atoms with Crippen molar-refractivity contribution >= 4 is 23.5 Å². The molecule has 0 N–H and O–H groups in total. The molecule has 7 heteroatoms. The van der Waals surface area contributed by atoms with Crippen LogP contribution >= 0.6 is 11.6 Å². The predicted molar refractivity (Wildman–Crippen MR) is 79.4 cm³/mol. The highest BCUT2D eigenvalue weighted by Gasteiger charge is 2.33. The van der Waals surface area contributed by atoms with Gasteiger partial charge in [-0.15, -0.1) is 0 Å². The molecule has 0 unspecified atom stereocenters. The lowest BCUT2D eigenvalue weighted by atomic mass is 10.0. The average Bonchev–Trinajstić information content (AvgIpc) is 2.56. The van der Waals surface area contributed by atoms with Crippen molar-refractivity contribution in [2.75, 3.05) is 37.7 Å². The number of aromatic nitrogens is 2. The summed E-state index contributed by atoms with van der Waals surface area (Å²) < 4.78 is 5.32. The van der Waals surface area contributed by atoms with Crippen molar-refractivity contribution in [3.8, 4) is 0 Å². The SMILES string of the molecule is O=C([C@@H]1CCCCN1c1ncc(Cl)cn1)N1CCOCC1. The lowest BCUT2D eigenvalue weighted by Crippen LogP contribution is -2.54. The molecule has 0 bridgehead atoms. The van der Waals surface area contributed by atoms with Crippen molar-refractivity contribution in [2.24, 2.45) is 0 Å². The lowest BCUT2D eigenvalue weighted by molar-refractivity contribution is -0.137. The summed E-state index contributed by atoms with van der Waals surface area (Å²) in [4.78, 5) is 25.2. The molecular formula is C14H19ClN4O2. The van der Waals surface area contributed by atoms with E-state index in [0.29, 0.717) is 37.3 Å². The molecule has 2 aliphatic rings. The van der Waals surface area contributed by atoms with E-state index in [1.807, 2.05) is 9.80 Å². The molecule has 114 valence electrons. The van der Waals surface area contributed by atoms with Crippen molar-refractivity contribution in [3.05, 3.63) is 17.4 Å². The van der Waals surface area contributed by atoms with E-state index in [1.54, 1.807) is 12.4 Å². The number of morpholine rings is 1. The smallest absolute Gasteiger partial charge is 0.245 e. The number of carbonyl (C=O) groups is 1. The topological polar surface area (TPSA) is 58.6 Å². The van der Waals surface area contributed by atoms with Gasteiger partial charge in [-0.3, -0.25) is 4.79 Å². The first kappa shape index (κ1) is 14.5. The fourth-order valence-corrected chi connectivity index (χ4v) is 2.97. The highest BCUT2D eigenvalue weighted by molar-refractivity contribution is 6.30. The number of piperidine rings is 1. The second-order valence-electron chi connectivity index (χ2n) is 5.34. The number of amides is 1. The number of nitrogens with zero attached hydrogens (tertiary/aromatic N) is 4. The van der Waals surface area contributed by atoms with Crippen molar-refractivity contribution < 1.29 is 9.53 Å². The summed E-state index contributed by atoms with van der Waals surface area (Å²) in [6, 6.07) is -0.168. The standard InChI is InChI=1S/C14H19ClN4O2/c15-11-9-16-14(17-10-11)19-4-2-1-3-12(19)13(20)18-5-7-21-8-6-18/h9-10,12H,1-8H2/t12-/m0/s1. The van der Waals surface area contributed by atoms with Gasteiger partial charge in [0.25, 0.3) is 0 Å². The summed E-state index contributed by atoms with van der Waals surface area (Å²) in [5, 5.41) is 0.506. The normalized spacial score (nSPS) is 23.2. The molecule has 1 aromatic heterocycles. The van der Waals surface area contributed by atoms with E-state index >= 15 is 0 Å². The van der Waals surface area contributed by atoms with E-state index < -0.39 is 0 Å². The van der Waals surface area contributed by atoms with Gasteiger partial charge in [0.2, 0.25) is 11.9 Å². The summed E-state index contributed by atoms with van der Waals surface area (Å²) in [6.45, 7) is 3.39. The molecule has 6 nitrogen and oxygen atoms in total. The van der Waals surface area contributed by atoms with E-state index in [1.165, 1.54) is 0 Å². The first-order valence-corrected chi connectivity index (χ1v) is 7.74. The molecule has 0 spiro atoms. The van der Waals surface area contributed by atoms with Gasteiger partial charge in [0.05, 0.1) is 30.6 Å². The first-order chi connectivity index (χ1) is 10.3. The fraction of sp³-hybridized carbons (Fsp3) is 0.643. The van der Waals surface area contributed by atoms with E-state index in [-0.39, 0.29) is 11.9 Å². The Labute approximate surface area is 129 Å². The monoisotopic (exact) mass is 310 g/mol. The minimum atomic E-state index is -0.168. The zero-order valence-corrected chi connectivity index (χ0v) is 12.6.